The van der Waals surface area contributed by atoms with E-state index in [0.29, 0.717) is 51.0 Å². The van der Waals surface area contributed by atoms with E-state index in [9.17, 15) is 4.79 Å². The quantitative estimate of drug-likeness (QED) is 0.458. The lowest BCUT2D eigenvalue weighted by molar-refractivity contribution is 0.0179. The van der Waals surface area contributed by atoms with Crippen molar-refractivity contribution in [1.82, 2.24) is 0 Å². The molecule has 0 amide bonds. The van der Waals surface area contributed by atoms with E-state index in [-0.39, 0.29) is 5.78 Å². The largest absolute Gasteiger partial charge is 0.491 e. The van der Waals surface area contributed by atoms with Crippen molar-refractivity contribution in [3.8, 4) is 5.75 Å². The molecule has 1 rings (SSSR count). The van der Waals surface area contributed by atoms with Crippen molar-refractivity contribution in [2.45, 2.75) is 6.92 Å². The molecule has 112 valence electrons. The maximum Gasteiger partial charge on any atom is 0.159 e. The van der Waals surface area contributed by atoms with E-state index in [2.05, 4.69) is 0 Å². The summed E-state index contributed by atoms with van der Waals surface area (Å²) in [5.74, 6) is 0.706. The van der Waals surface area contributed by atoms with Crippen molar-refractivity contribution < 1.29 is 23.7 Å². The highest BCUT2D eigenvalue weighted by molar-refractivity contribution is 5.94. The second kappa shape index (κ2) is 10.4. The normalized spacial score (nSPS) is 10.5. The fourth-order valence-corrected chi connectivity index (χ4v) is 1.49. The highest BCUT2D eigenvalue weighted by Gasteiger charge is 2.01. The molecule has 5 nitrogen and oxygen atoms in total. The van der Waals surface area contributed by atoms with Crippen LogP contribution in [0.15, 0.2) is 24.3 Å². The molecule has 0 atom stereocenters. The number of hydrogen-bond acceptors (Lipinski definition) is 5. The summed E-state index contributed by atoms with van der Waals surface area (Å²) >= 11 is 0. The average Bonchev–Trinajstić information content (AvgIpc) is 2.46. The van der Waals surface area contributed by atoms with E-state index in [1.165, 1.54) is 6.92 Å². The van der Waals surface area contributed by atoms with E-state index in [0.717, 1.165) is 0 Å². The summed E-state index contributed by atoms with van der Waals surface area (Å²) in [4.78, 5) is 11.2. The molecular formula is C15H22O5. The molecule has 0 saturated heterocycles. The first-order valence-electron chi connectivity index (χ1n) is 6.62. The predicted molar refractivity (Wildman–Crippen MR) is 75.5 cm³/mol. The molecular weight excluding hydrogens is 260 g/mol. The van der Waals surface area contributed by atoms with Crippen molar-refractivity contribution >= 4 is 5.78 Å². The van der Waals surface area contributed by atoms with Crippen LogP contribution in [0, 0.1) is 0 Å². The van der Waals surface area contributed by atoms with Gasteiger partial charge in [0.2, 0.25) is 0 Å². The fourth-order valence-electron chi connectivity index (χ4n) is 1.49. The molecule has 0 N–H and O–H groups in total. The lowest BCUT2D eigenvalue weighted by Crippen LogP contribution is -2.12. The van der Waals surface area contributed by atoms with Gasteiger partial charge in [-0.25, -0.2) is 0 Å². The minimum atomic E-state index is 0.0277. The van der Waals surface area contributed by atoms with Gasteiger partial charge in [-0.05, 0) is 19.1 Å². The molecule has 1 aromatic carbocycles. The zero-order valence-electron chi connectivity index (χ0n) is 12.1. The summed E-state index contributed by atoms with van der Waals surface area (Å²) in [5.41, 5.74) is 0.648. The first kappa shape index (κ1) is 16.6. The third-order valence-electron chi connectivity index (χ3n) is 2.54. The van der Waals surface area contributed by atoms with Gasteiger partial charge in [-0.1, -0.05) is 12.1 Å². The highest BCUT2D eigenvalue weighted by atomic mass is 16.6. The zero-order valence-corrected chi connectivity index (χ0v) is 12.1. The molecule has 0 heterocycles. The van der Waals surface area contributed by atoms with Crippen LogP contribution in [0.2, 0.25) is 0 Å². The van der Waals surface area contributed by atoms with E-state index in [1.54, 1.807) is 25.3 Å². The van der Waals surface area contributed by atoms with Gasteiger partial charge < -0.3 is 18.9 Å². The summed E-state index contributed by atoms with van der Waals surface area (Å²) in [6.45, 7) is 4.71. The molecule has 5 heteroatoms. The summed E-state index contributed by atoms with van der Waals surface area (Å²) in [5, 5.41) is 0. The second-order valence-corrected chi connectivity index (χ2v) is 4.15. The molecule has 0 bridgehead atoms. The van der Waals surface area contributed by atoms with Crippen molar-refractivity contribution in [2.24, 2.45) is 0 Å². The Kier molecular flexibility index (Phi) is 8.62. The van der Waals surface area contributed by atoms with E-state index < -0.39 is 0 Å². The third-order valence-corrected chi connectivity index (χ3v) is 2.54. The van der Waals surface area contributed by atoms with Crippen LogP contribution in [0.3, 0.4) is 0 Å². The first-order chi connectivity index (χ1) is 9.74. The van der Waals surface area contributed by atoms with Gasteiger partial charge in [0.25, 0.3) is 0 Å². The summed E-state index contributed by atoms with van der Waals surface area (Å²) < 4.78 is 21.0. The summed E-state index contributed by atoms with van der Waals surface area (Å²) in [6, 6.07) is 7.12. The van der Waals surface area contributed by atoms with Gasteiger partial charge in [-0.2, -0.15) is 0 Å². The topological polar surface area (TPSA) is 54.0 Å². The molecule has 0 aromatic heterocycles. The Morgan fingerprint density at radius 3 is 2.30 bits per heavy atom. The molecule has 20 heavy (non-hydrogen) atoms. The van der Waals surface area contributed by atoms with E-state index in [4.69, 9.17) is 18.9 Å². The van der Waals surface area contributed by atoms with Crippen molar-refractivity contribution in [3.05, 3.63) is 29.8 Å². The number of carbonyl (C=O) groups excluding carboxylic acids is 1. The molecule has 0 aliphatic rings. The SMILES string of the molecule is COCCOCCOCCOc1cccc(C(C)=O)c1. The third kappa shape index (κ3) is 7.23. The predicted octanol–water partition coefficient (Wildman–Crippen LogP) is 1.95. The minimum Gasteiger partial charge on any atom is -0.491 e. The number of hydrogen-bond donors (Lipinski definition) is 0. The number of ether oxygens (including phenoxy) is 4. The van der Waals surface area contributed by atoms with Crippen molar-refractivity contribution in [1.29, 1.82) is 0 Å². The minimum absolute atomic E-state index is 0.0277. The number of ketones is 1. The molecule has 0 aliphatic heterocycles. The Balaban J connectivity index is 2.06. The second-order valence-electron chi connectivity index (χ2n) is 4.15. The maximum absolute atomic E-state index is 11.2. The Morgan fingerprint density at radius 2 is 1.65 bits per heavy atom. The van der Waals surface area contributed by atoms with Crippen LogP contribution in [0.1, 0.15) is 17.3 Å². The number of rotatable bonds is 11. The average molecular weight is 282 g/mol. The van der Waals surface area contributed by atoms with Crippen LogP contribution in [-0.2, 0) is 14.2 Å². The van der Waals surface area contributed by atoms with Crippen molar-refractivity contribution in [2.75, 3.05) is 46.8 Å². The monoisotopic (exact) mass is 282 g/mol. The smallest absolute Gasteiger partial charge is 0.159 e. The van der Waals surface area contributed by atoms with E-state index >= 15 is 0 Å². The van der Waals surface area contributed by atoms with Gasteiger partial charge in [0.1, 0.15) is 12.4 Å². The number of benzene rings is 1. The molecule has 0 aliphatic carbocycles. The van der Waals surface area contributed by atoms with Gasteiger partial charge in [0.15, 0.2) is 5.78 Å². The van der Waals surface area contributed by atoms with Crippen LogP contribution in [0.25, 0.3) is 0 Å². The van der Waals surface area contributed by atoms with Crippen LogP contribution in [-0.4, -0.2) is 52.5 Å². The van der Waals surface area contributed by atoms with Crippen LogP contribution < -0.4 is 4.74 Å². The number of methoxy groups -OCH3 is 1. The summed E-state index contributed by atoms with van der Waals surface area (Å²) in [6.07, 6.45) is 0. The maximum atomic E-state index is 11.2. The first-order valence-corrected chi connectivity index (χ1v) is 6.62. The Hall–Kier alpha value is -1.43. The zero-order chi connectivity index (χ0) is 14.6. The van der Waals surface area contributed by atoms with Gasteiger partial charge in [0, 0.05) is 12.7 Å². The molecule has 0 radical (unpaired) electrons. The lowest BCUT2D eigenvalue weighted by atomic mass is 10.1. The molecule has 1 aromatic rings. The Labute approximate surface area is 119 Å². The van der Waals surface area contributed by atoms with Crippen molar-refractivity contribution in [3.63, 3.8) is 0 Å². The van der Waals surface area contributed by atoms with Gasteiger partial charge >= 0.3 is 0 Å². The molecule has 0 fully saturated rings. The highest BCUT2D eigenvalue weighted by Crippen LogP contribution is 2.13. The lowest BCUT2D eigenvalue weighted by Gasteiger charge is -2.08. The molecule has 0 saturated carbocycles. The van der Waals surface area contributed by atoms with Gasteiger partial charge in [-0.15, -0.1) is 0 Å². The fraction of sp³-hybridized carbons (Fsp3) is 0.533. The van der Waals surface area contributed by atoms with Gasteiger partial charge in [-0.3, -0.25) is 4.79 Å². The Bertz CT molecular complexity index is 392. The van der Waals surface area contributed by atoms with Crippen LogP contribution in [0.4, 0.5) is 0 Å². The molecule has 0 unspecified atom stereocenters. The van der Waals surface area contributed by atoms with Gasteiger partial charge in [0.05, 0.1) is 33.0 Å². The Morgan fingerprint density at radius 1 is 1.00 bits per heavy atom. The number of carbonyl (C=O) groups is 1. The van der Waals surface area contributed by atoms with Crippen LogP contribution in [0.5, 0.6) is 5.75 Å². The molecule has 0 spiro atoms. The van der Waals surface area contributed by atoms with Crippen LogP contribution >= 0.6 is 0 Å². The number of Topliss-reactive ketones (excluding diaryl/α,β-unsaturated/α-hetero) is 1. The standard InChI is InChI=1S/C15H22O5/c1-13(16)14-4-3-5-15(12-14)20-11-10-19-9-8-18-7-6-17-2/h3-5,12H,6-11H2,1-2H3. The summed E-state index contributed by atoms with van der Waals surface area (Å²) in [7, 11) is 1.64. The van der Waals surface area contributed by atoms with E-state index in [1.807, 2.05) is 6.07 Å².